The Morgan fingerprint density at radius 3 is 2.38 bits per heavy atom. The summed E-state index contributed by atoms with van der Waals surface area (Å²) in [5, 5.41) is 10.6. The lowest BCUT2D eigenvalue weighted by Gasteiger charge is -2.24. The molecule has 2 heteroatoms. The Balaban J connectivity index is 2.06. The van der Waals surface area contributed by atoms with Gasteiger partial charge in [-0.2, -0.15) is 0 Å². The van der Waals surface area contributed by atoms with Gasteiger partial charge >= 0.3 is 0 Å². The maximum Gasteiger partial charge on any atom is 0.199 e. The van der Waals surface area contributed by atoms with E-state index in [1.165, 1.54) is 0 Å². The van der Waals surface area contributed by atoms with Gasteiger partial charge in [-0.05, 0) is 17.2 Å². The Bertz CT molecular complexity index is 713. The summed E-state index contributed by atoms with van der Waals surface area (Å²) in [6.45, 7) is 0. The summed E-state index contributed by atoms with van der Waals surface area (Å²) in [6, 6.07) is 17.2. The van der Waals surface area contributed by atoms with E-state index in [2.05, 4.69) is 0 Å². The number of aliphatic hydroxyl groups is 1. The standard InChI is InChI=1S/C19H16O2/c20-18(19(21)13-7-2-8-14-19)17-12-6-5-11-16(17)15-9-3-1-4-10-15/h1-13,21H,14H2. The summed E-state index contributed by atoms with van der Waals surface area (Å²) in [5.74, 6) is -0.262. The van der Waals surface area contributed by atoms with Crippen molar-refractivity contribution in [3.63, 3.8) is 0 Å². The van der Waals surface area contributed by atoms with Gasteiger partial charge in [0.1, 0.15) is 5.60 Å². The van der Waals surface area contributed by atoms with Crippen LogP contribution in [0.1, 0.15) is 16.8 Å². The molecular formula is C19H16O2. The minimum atomic E-state index is -1.44. The molecule has 1 atom stereocenters. The van der Waals surface area contributed by atoms with E-state index in [0.29, 0.717) is 12.0 Å². The molecule has 0 fully saturated rings. The second-order valence-corrected chi connectivity index (χ2v) is 5.16. The number of allylic oxidation sites excluding steroid dienone is 2. The Labute approximate surface area is 124 Å². The van der Waals surface area contributed by atoms with Crippen molar-refractivity contribution in [1.29, 1.82) is 0 Å². The largest absolute Gasteiger partial charge is 0.377 e. The third kappa shape index (κ3) is 2.58. The smallest absolute Gasteiger partial charge is 0.199 e. The van der Waals surface area contributed by atoms with Crippen molar-refractivity contribution in [2.24, 2.45) is 0 Å². The normalized spacial score (nSPS) is 20.4. The molecule has 21 heavy (non-hydrogen) atoms. The number of hydrogen-bond acceptors (Lipinski definition) is 2. The first-order chi connectivity index (χ1) is 10.2. The molecule has 104 valence electrons. The molecule has 1 aliphatic carbocycles. The van der Waals surface area contributed by atoms with E-state index in [-0.39, 0.29) is 5.78 Å². The number of hydrogen-bond donors (Lipinski definition) is 1. The van der Waals surface area contributed by atoms with Crippen LogP contribution in [0.4, 0.5) is 0 Å². The number of carbonyl (C=O) groups excluding carboxylic acids is 1. The van der Waals surface area contributed by atoms with Gasteiger partial charge in [0.25, 0.3) is 0 Å². The van der Waals surface area contributed by atoms with Crippen LogP contribution in [0.3, 0.4) is 0 Å². The highest BCUT2D eigenvalue weighted by atomic mass is 16.3. The average molecular weight is 276 g/mol. The first-order valence-electron chi connectivity index (χ1n) is 6.97. The van der Waals surface area contributed by atoms with Gasteiger partial charge in [0, 0.05) is 12.0 Å². The molecule has 1 aliphatic rings. The maximum absolute atomic E-state index is 12.8. The molecule has 1 unspecified atom stereocenters. The summed E-state index contributed by atoms with van der Waals surface area (Å²) < 4.78 is 0. The molecule has 1 N–H and O–H groups in total. The van der Waals surface area contributed by atoms with Crippen LogP contribution in [-0.2, 0) is 0 Å². The zero-order valence-corrected chi connectivity index (χ0v) is 11.6. The van der Waals surface area contributed by atoms with Crippen LogP contribution in [0, 0.1) is 0 Å². The lowest BCUT2D eigenvalue weighted by molar-refractivity contribution is 0.0535. The summed E-state index contributed by atoms with van der Waals surface area (Å²) in [5.41, 5.74) is 0.922. The monoisotopic (exact) mass is 276 g/mol. The number of benzene rings is 2. The van der Waals surface area contributed by atoms with E-state index in [1.54, 1.807) is 18.2 Å². The summed E-state index contributed by atoms with van der Waals surface area (Å²) in [4.78, 5) is 12.8. The molecule has 0 bridgehead atoms. The molecule has 2 aromatic carbocycles. The Kier molecular flexibility index (Phi) is 3.55. The second kappa shape index (κ2) is 5.51. The number of ketones is 1. The van der Waals surface area contributed by atoms with Gasteiger partial charge < -0.3 is 5.11 Å². The van der Waals surface area contributed by atoms with Crippen LogP contribution in [0.15, 0.2) is 78.9 Å². The van der Waals surface area contributed by atoms with Crippen molar-refractivity contribution in [2.45, 2.75) is 12.0 Å². The quantitative estimate of drug-likeness (QED) is 0.866. The summed E-state index contributed by atoms with van der Waals surface area (Å²) in [7, 11) is 0. The van der Waals surface area contributed by atoms with Crippen molar-refractivity contribution in [3.8, 4) is 11.1 Å². The van der Waals surface area contributed by atoms with Gasteiger partial charge in [-0.1, -0.05) is 72.8 Å². The van der Waals surface area contributed by atoms with Gasteiger partial charge in [-0.15, -0.1) is 0 Å². The SMILES string of the molecule is O=C(c1ccccc1-c1ccccc1)C1(O)C=CC=CC1. The van der Waals surface area contributed by atoms with E-state index < -0.39 is 5.60 Å². The van der Waals surface area contributed by atoms with E-state index in [4.69, 9.17) is 0 Å². The average Bonchev–Trinajstić information content (AvgIpc) is 2.56. The van der Waals surface area contributed by atoms with E-state index >= 15 is 0 Å². The topological polar surface area (TPSA) is 37.3 Å². The van der Waals surface area contributed by atoms with Gasteiger partial charge in [-0.3, -0.25) is 4.79 Å². The zero-order chi connectivity index (χ0) is 14.7. The maximum atomic E-state index is 12.8. The fraction of sp³-hybridized carbons (Fsp3) is 0.105. The second-order valence-electron chi connectivity index (χ2n) is 5.16. The van der Waals surface area contributed by atoms with Crippen LogP contribution in [-0.4, -0.2) is 16.5 Å². The molecule has 0 heterocycles. The minimum Gasteiger partial charge on any atom is -0.377 e. The molecule has 0 aromatic heterocycles. The molecule has 0 saturated carbocycles. The molecule has 0 spiro atoms. The number of Topliss-reactive ketones (excluding diaryl/α,β-unsaturated/α-hetero) is 1. The molecule has 0 amide bonds. The van der Waals surface area contributed by atoms with Gasteiger partial charge in [-0.25, -0.2) is 0 Å². The third-order valence-corrected chi connectivity index (χ3v) is 3.70. The molecule has 0 saturated heterocycles. The molecule has 2 nitrogen and oxygen atoms in total. The summed E-state index contributed by atoms with van der Waals surface area (Å²) >= 11 is 0. The predicted octanol–water partition coefficient (Wildman–Crippen LogP) is 3.78. The fourth-order valence-electron chi connectivity index (χ4n) is 2.56. The molecule has 3 rings (SSSR count). The van der Waals surface area contributed by atoms with Crippen molar-refractivity contribution in [1.82, 2.24) is 0 Å². The van der Waals surface area contributed by atoms with Crippen molar-refractivity contribution >= 4 is 5.78 Å². The number of rotatable bonds is 3. The van der Waals surface area contributed by atoms with E-state index in [0.717, 1.165) is 11.1 Å². The fourth-order valence-corrected chi connectivity index (χ4v) is 2.56. The molecule has 0 aliphatic heterocycles. The highest BCUT2D eigenvalue weighted by Crippen LogP contribution is 2.29. The first-order valence-corrected chi connectivity index (χ1v) is 6.97. The van der Waals surface area contributed by atoms with Gasteiger partial charge in [0.15, 0.2) is 5.78 Å². The lowest BCUT2D eigenvalue weighted by Crippen LogP contribution is -2.37. The van der Waals surface area contributed by atoms with Crippen LogP contribution in [0.2, 0.25) is 0 Å². The van der Waals surface area contributed by atoms with Crippen LogP contribution in [0.25, 0.3) is 11.1 Å². The lowest BCUT2D eigenvalue weighted by atomic mass is 9.84. The van der Waals surface area contributed by atoms with Gasteiger partial charge in [0.2, 0.25) is 0 Å². The van der Waals surface area contributed by atoms with Crippen molar-refractivity contribution in [3.05, 3.63) is 84.5 Å². The summed E-state index contributed by atoms with van der Waals surface area (Å²) in [6.07, 6.45) is 7.24. The highest BCUT2D eigenvalue weighted by Gasteiger charge is 2.34. The first kappa shape index (κ1) is 13.5. The molecule has 0 radical (unpaired) electrons. The predicted molar refractivity (Wildman–Crippen MR) is 84.1 cm³/mol. The van der Waals surface area contributed by atoms with Crippen molar-refractivity contribution in [2.75, 3.05) is 0 Å². The Morgan fingerprint density at radius 1 is 0.952 bits per heavy atom. The minimum absolute atomic E-state index is 0.262. The Hall–Kier alpha value is -2.45. The number of carbonyl (C=O) groups is 1. The molecule has 2 aromatic rings. The van der Waals surface area contributed by atoms with Crippen LogP contribution >= 0.6 is 0 Å². The van der Waals surface area contributed by atoms with Crippen molar-refractivity contribution < 1.29 is 9.90 Å². The molecular weight excluding hydrogens is 260 g/mol. The van der Waals surface area contributed by atoms with E-state index in [1.807, 2.05) is 60.7 Å². The Morgan fingerprint density at radius 2 is 1.67 bits per heavy atom. The highest BCUT2D eigenvalue weighted by molar-refractivity contribution is 6.08. The van der Waals surface area contributed by atoms with E-state index in [9.17, 15) is 9.90 Å². The van der Waals surface area contributed by atoms with Gasteiger partial charge in [0.05, 0.1) is 0 Å². The van der Waals surface area contributed by atoms with Crippen LogP contribution < -0.4 is 0 Å². The third-order valence-electron chi connectivity index (χ3n) is 3.70. The van der Waals surface area contributed by atoms with Crippen LogP contribution in [0.5, 0.6) is 0 Å². The zero-order valence-electron chi connectivity index (χ0n) is 11.6.